The molecule has 2 rings (SSSR count). The molecule has 0 bridgehead atoms. The number of benzene rings is 2. The first-order valence-corrected chi connectivity index (χ1v) is 7.73. The van der Waals surface area contributed by atoms with Crippen LogP contribution in [0.1, 0.15) is 31.4 Å². The third-order valence-corrected chi connectivity index (χ3v) is 3.32. The molecule has 0 aromatic heterocycles. The molecule has 2 aromatic carbocycles. The third-order valence-electron chi connectivity index (χ3n) is 3.32. The van der Waals surface area contributed by atoms with Crippen LogP contribution in [0, 0.1) is 0 Å². The summed E-state index contributed by atoms with van der Waals surface area (Å²) in [6.45, 7) is 6.08. The Labute approximate surface area is 128 Å². The molecule has 2 aromatic rings. The SMILES string of the molecule is CC(C)NCCCOc1ccc(Cc2ccccc2)cc1. The van der Waals surface area contributed by atoms with Crippen molar-refractivity contribution < 1.29 is 4.74 Å². The zero-order chi connectivity index (χ0) is 14.9. The van der Waals surface area contributed by atoms with Crippen LogP contribution in [-0.4, -0.2) is 19.2 Å². The topological polar surface area (TPSA) is 21.3 Å². The van der Waals surface area contributed by atoms with Crippen LogP contribution < -0.4 is 10.1 Å². The first-order chi connectivity index (χ1) is 10.2. The molecule has 0 fully saturated rings. The van der Waals surface area contributed by atoms with E-state index in [-0.39, 0.29) is 0 Å². The van der Waals surface area contributed by atoms with Crippen molar-refractivity contribution in [1.29, 1.82) is 0 Å². The van der Waals surface area contributed by atoms with Gasteiger partial charge in [0.1, 0.15) is 5.75 Å². The van der Waals surface area contributed by atoms with Crippen molar-refractivity contribution in [3.05, 3.63) is 65.7 Å². The Morgan fingerprint density at radius 1 is 0.905 bits per heavy atom. The summed E-state index contributed by atoms with van der Waals surface area (Å²) >= 11 is 0. The molecule has 112 valence electrons. The molecule has 0 saturated heterocycles. The fourth-order valence-corrected chi connectivity index (χ4v) is 2.19. The molecule has 2 nitrogen and oxygen atoms in total. The van der Waals surface area contributed by atoms with E-state index in [1.54, 1.807) is 0 Å². The molecule has 0 spiro atoms. The quantitative estimate of drug-likeness (QED) is 0.738. The van der Waals surface area contributed by atoms with Crippen molar-refractivity contribution in [2.75, 3.05) is 13.2 Å². The number of ether oxygens (including phenoxy) is 1. The van der Waals surface area contributed by atoms with E-state index in [1.807, 2.05) is 0 Å². The highest BCUT2D eigenvalue weighted by Gasteiger charge is 1.98. The summed E-state index contributed by atoms with van der Waals surface area (Å²) in [5.74, 6) is 0.955. The Bertz CT molecular complexity index is 505. The monoisotopic (exact) mass is 283 g/mol. The molecule has 2 heteroatoms. The van der Waals surface area contributed by atoms with E-state index in [4.69, 9.17) is 4.74 Å². The summed E-state index contributed by atoms with van der Waals surface area (Å²) < 4.78 is 5.75. The van der Waals surface area contributed by atoms with Crippen LogP contribution in [0.15, 0.2) is 54.6 Å². The molecule has 0 radical (unpaired) electrons. The Morgan fingerprint density at radius 3 is 2.24 bits per heavy atom. The van der Waals surface area contributed by atoms with Crippen molar-refractivity contribution >= 4 is 0 Å². The van der Waals surface area contributed by atoms with Crippen molar-refractivity contribution in [3.63, 3.8) is 0 Å². The Hall–Kier alpha value is -1.80. The molecular weight excluding hydrogens is 258 g/mol. The van der Waals surface area contributed by atoms with Gasteiger partial charge in [0.2, 0.25) is 0 Å². The Balaban J connectivity index is 1.74. The molecule has 0 aliphatic rings. The van der Waals surface area contributed by atoms with E-state index in [1.165, 1.54) is 11.1 Å². The van der Waals surface area contributed by atoms with E-state index in [2.05, 4.69) is 73.8 Å². The van der Waals surface area contributed by atoms with Gasteiger partial charge < -0.3 is 10.1 Å². The maximum atomic E-state index is 5.75. The van der Waals surface area contributed by atoms with Gasteiger partial charge in [0.15, 0.2) is 0 Å². The molecule has 0 aliphatic heterocycles. The predicted octanol–water partition coefficient (Wildman–Crippen LogP) is 4.04. The highest BCUT2D eigenvalue weighted by atomic mass is 16.5. The summed E-state index contributed by atoms with van der Waals surface area (Å²) in [5.41, 5.74) is 2.65. The Kier molecular flexibility index (Phi) is 6.29. The van der Waals surface area contributed by atoms with Crippen molar-refractivity contribution in [1.82, 2.24) is 5.32 Å². The predicted molar refractivity (Wildman–Crippen MR) is 88.9 cm³/mol. The highest BCUT2D eigenvalue weighted by Crippen LogP contribution is 2.15. The molecular formula is C19H25NO. The van der Waals surface area contributed by atoms with Gasteiger partial charge in [0, 0.05) is 6.04 Å². The van der Waals surface area contributed by atoms with Gasteiger partial charge in [-0.05, 0) is 42.6 Å². The summed E-state index contributed by atoms with van der Waals surface area (Å²) in [4.78, 5) is 0. The number of rotatable bonds is 8. The maximum Gasteiger partial charge on any atom is 0.119 e. The van der Waals surface area contributed by atoms with Gasteiger partial charge in [-0.3, -0.25) is 0 Å². The van der Waals surface area contributed by atoms with Crippen LogP contribution in [-0.2, 0) is 6.42 Å². The number of hydrogen-bond acceptors (Lipinski definition) is 2. The largest absolute Gasteiger partial charge is 0.494 e. The van der Waals surface area contributed by atoms with Crippen LogP contribution in [0.5, 0.6) is 5.75 Å². The van der Waals surface area contributed by atoms with Crippen LogP contribution in [0.4, 0.5) is 0 Å². The average molecular weight is 283 g/mol. The fraction of sp³-hybridized carbons (Fsp3) is 0.368. The summed E-state index contributed by atoms with van der Waals surface area (Å²) in [7, 11) is 0. The molecule has 0 atom stereocenters. The molecule has 0 amide bonds. The van der Waals surface area contributed by atoms with Gasteiger partial charge in [-0.15, -0.1) is 0 Å². The second-order valence-electron chi connectivity index (χ2n) is 5.62. The molecule has 0 heterocycles. The molecule has 21 heavy (non-hydrogen) atoms. The van der Waals surface area contributed by atoms with Crippen LogP contribution in [0.2, 0.25) is 0 Å². The van der Waals surface area contributed by atoms with Gasteiger partial charge >= 0.3 is 0 Å². The average Bonchev–Trinajstić information content (AvgIpc) is 2.49. The molecule has 0 saturated carbocycles. The minimum Gasteiger partial charge on any atom is -0.494 e. The lowest BCUT2D eigenvalue weighted by atomic mass is 10.1. The zero-order valence-electron chi connectivity index (χ0n) is 13.0. The van der Waals surface area contributed by atoms with E-state index >= 15 is 0 Å². The smallest absolute Gasteiger partial charge is 0.119 e. The molecule has 0 unspecified atom stereocenters. The van der Waals surface area contributed by atoms with Gasteiger partial charge in [-0.25, -0.2) is 0 Å². The van der Waals surface area contributed by atoms with E-state index < -0.39 is 0 Å². The third kappa shape index (κ3) is 6.01. The minimum atomic E-state index is 0.544. The van der Waals surface area contributed by atoms with E-state index in [0.29, 0.717) is 6.04 Å². The lowest BCUT2D eigenvalue weighted by Gasteiger charge is -2.09. The van der Waals surface area contributed by atoms with Crippen molar-refractivity contribution in [3.8, 4) is 5.75 Å². The molecule has 1 N–H and O–H groups in total. The second-order valence-corrected chi connectivity index (χ2v) is 5.62. The summed E-state index contributed by atoms with van der Waals surface area (Å²) in [5, 5.41) is 3.39. The maximum absolute atomic E-state index is 5.75. The van der Waals surface area contributed by atoms with Gasteiger partial charge in [0.05, 0.1) is 6.61 Å². The highest BCUT2D eigenvalue weighted by molar-refractivity contribution is 5.31. The first kappa shape index (κ1) is 15.6. The fourth-order valence-electron chi connectivity index (χ4n) is 2.19. The standard InChI is InChI=1S/C19H25NO/c1-16(2)20-13-6-14-21-19-11-9-18(10-12-19)15-17-7-4-3-5-8-17/h3-5,7-12,16,20H,6,13-15H2,1-2H3. The Morgan fingerprint density at radius 2 is 1.57 bits per heavy atom. The van der Waals surface area contributed by atoms with Crippen molar-refractivity contribution in [2.24, 2.45) is 0 Å². The lowest BCUT2D eigenvalue weighted by Crippen LogP contribution is -2.24. The minimum absolute atomic E-state index is 0.544. The number of nitrogens with one attached hydrogen (secondary N) is 1. The first-order valence-electron chi connectivity index (χ1n) is 7.73. The lowest BCUT2D eigenvalue weighted by molar-refractivity contribution is 0.306. The van der Waals surface area contributed by atoms with Crippen molar-refractivity contribution in [2.45, 2.75) is 32.7 Å². The van der Waals surface area contributed by atoms with Gasteiger partial charge in [-0.2, -0.15) is 0 Å². The normalized spacial score (nSPS) is 10.8. The zero-order valence-corrected chi connectivity index (χ0v) is 13.0. The molecule has 0 aliphatic carbocycles. The van der Waals surface area contributed by atoms with Gasteiger partial charge in [0.25, 0.3) is 0 Å². The van der Waals surface area contributed by atoms with E-state index in [9.17, 15) is 0 Å². The van der Waals surface area contributed by atoms with E-state index in [0.717, 1.165) is 31.7 Å². The number of hydrogen-bond donors (Lipinski definition) is 1. The van der Waals surface area contributed by atoms with Crippen LogP contribution in [0.25, 0.3) is 0 Å². The van der Waals surface area contributed by atoms with Crippen LogP contribution >= 0.6 is 0 Å². The van der Waals surface area contributed by atoms with Crippen LogP contribution in [0.3, 0.4) is 0 Å². The van der Waals surface area contributed by atoms with Gasteiger partial charge in [-0.1, -0.05) is 56.3 Å². The summed E-state index contributed by atoms with van der Waals surface area (Å²) in [6, 6.07) is 19.5. The summed E-state index contributed by atoms with van der Waals surface area (Å²) in [6.07, 6.45) is 2.00. The second kappa shape index (κ2) is 8.48.